The molecule has 18 heavy (non-hydrogen) atoms. The maximum Gasteiger partial charge on any atom is 0.326 e. The van der Waals surface area contributed by atoms with E-state index in [1.165, 1.54) is 0 Å². The van der Waals surface area contributed by atoms with E-state index in [0.29, 0.717) is 13.0 Å². The van der Waals surface area contributed by atoms with Gasteiger partial charge in [-0.2, -0.15) is 0 Å². The second kappa shape index (κ2) is 4.82. The van der Waals surface area contributed by atoms with E-state index < -0.39 is 5.54 Å². The van der Waals surface area contributed by atoms with Crippen molar-refractivity contribution in [2.45, 2.75) is 25.8 Å². The van der Waals surface area contributed by atoms with Crippen LogP contribution in [0, 0.1) is 0 Å². The Morgan fingerprint density at radius 1 is 1.44 bits per heavy atom. The lowest BCUT2D eigenvalue weighted by Crippen LogP contribution is -2.48. The number of para-hydroxylation sites is 1. The minimum atomic E-state index is -0.999. The monoisotopic (exact) mass is 246 g/mol. The molecule has 1 aromatic heterocycles. The van der Waals surface area contributed by atoms with E-state index in [1.807, 2.05) is 30.5 Å². The molecule has 0 aliphatic heterocycles. The molecule has 96 valence electrons. The largest absolute Gasteiger partial charge is 0.465 e. The number of carbonyl (C=O) groups excluding carboxylic acids is 1. The van der Waals surface area contributed by atoms with Gasteiger partial charge in [-0.15, -0.1) is 0 Å². The highest BCUT2D eigenvalue weighted by Gasteiger charge is 2.30. The Bertz CT molecular complexity index is 558. The summed E-state index contributed by atoms with van der Waals surface area (Å²) in [6.07, 6.45) is 2.35. The highest BCUT2D eigenvalue weighted by atomic mass is 16.5. The zero-order valence-electron chi connectivity index (χ0n) is 10.7. The molecule has 1 aromatic carbocycles. The minimum absolute atomic E-state index is 0.347. The van der Waals surface area contributed by atoms with Crippen LogP contribution in [0.1, 0.15) is 19.4 Å². The third kappa shape index (κ3) is 2.38. The second-order valence-electron chi connectivity index (χ2n) is 4.67. The number of hydrogen-bond acceptors (Lipinski definition) is 3. The molecule has 0 aliphatic carbocycles. The normalized spacial score (nSPS) is 14.4. The summed E-state index contributed by atoms with van der Waals surface area (Å²) in [5, 5.41) is 1.10. The van der Waals surface area contributed by atoms with Crippen molar-refractivity contribution in [1.82, 2.24) is 4.98 Å². The van der Waals surface area contributed by atoms with Gasteiger partial charge < -0.3 is 15.5 Å². The molecule has 0 amide bonds. The summed E-state index contributed by atoms with van der Waals surface area (Å²) in [6, 6.07) is 7.95. The number of nitrogens with one attached hydrogen (secondary N) is 1. The van der Waals surface area contributed by atoms with E-state index in [4.69, 9.17) is 10.5 Å². The molecule has 3 N–H and O–H groups in total. The lowest BCUT2D eigenvalue weighted by atomic mass is 9.94. The van der Waals surface area contributed by atoms with Crippen molar-refractivity contribution in [2.75, 3.05) is 6.61 Å². The molecule has 4 heteroatoms. The molecule has 1 heterocycles. The van der Waals surface area contributed by atoms with Gasteiger partial charge in [-0.05, 0) is 25.5 Å². The predicted molar refractivity (Wildman–Crippen MR) is 71.2 cm³/mol. The lowest BCUT2D eigenvalue weighted by molar-refractivity contribution is -0.148. The molecule has 0 fully saturated rings. The SMILES string of the molecule is CCOC(=O)[C@@](C)(N)Cc1c[nH]c2ccccc12. The summed E-state index contributed by atoms with van der Waals surface area (Å²) >= 11 is 0. The van der Waals surface area contributed by atoms with Crippen LogP contribution in [0.5, 0.6) is 0 Å². The van der Waals surface area contributed by atoms with Crippen LogP contribution in [0.15, 0.2) is 30.5 Å². The summed E-state index contributed by atoms with van der Waals surface area (Å²) < 4.78 is 4.99. The number of ether oxygens (including phenoxy) is 1. The van der Waals surface area contributed by atoms with E-state index in [9.17, 15) is 4.79 Å². The quantitative estimate of drug-likeness (QED) is 0.811. The molecule has 0 saturated heterocycles. The Balaban J connectivity index is 2.25. The van der Waals surface area contributed by atoms with E-state index in [0.717, 1.165) is 16.5 Å². The minimum Gasteiger partial charge on any atom is -0.465 e. The third-order valence-corrected chi connectivity index (χ3v) is 2.97. The van der Waals surface area contributed by atoms with Gasteiger partial charge >= 0.3 is 5.97 Å². The number of esters is 1. The predicted octanol–water partition coefficient (Wildman–Crippen LogP) is 1.99. The molecule has 0 spiro atoms. The fraction of sp³-hybridized carbons (Fsp3) is 0.357. The van der Waals surface area contributed by atoms with Crippen LogP contribution < -0.4 is 5.73 Å². The molecular weight excluding hydrogens is 228 g/mol. The van der Waals surface area contributed by atoms with Gasteiger partial charge in [0.1, 0.15) is 5.54 Å². The van der Waals surface area contributed by atoms with E-state index in [2.05, 4.69) is 4.98 Å². The highest BCUT2D eigenvalue weighted by Crippen LogP contribution is 2.22. The molecule has 0 saturated carbocycles. The fourth-order valence-electron chi connectivity index (χ4n) is 2.04. The molecule has 2 aromatic rings. The first-order valence-corrected chi connectivity index (χ1v) is 6.05. The summed E-state index contributed by atoms with van der Waals surface area (Å²) in [6.45, 7) is 3.83. The number of aromatic amines is 1. The zero-order valence-corrected chi connectivity index (χ0v) is 10.7. The Labute approximate surface area is 106 Å². The van der Waals surface area contributed by atoms with Crippen molar-refractivity contribution in [1.29, 1.82) is 0 Å². The van der Waals surface area contributed by atoms with Crippen molar-refractivity contribution < 1.29 is 9.53 Å². The Morgan fingerprint density at radius 3 is 2.89 bits per heavy atom. The van der Waals surface area contributed by atoms with Crippen molar-refractivity contribution in [2.24, 2.45) is 5.73 Å². The summed E-state index contributed by atoms with van der Waals surface area (Å²) in [5.41, 5.74) is 7.12. The average Bonchev–Trinajstić information content (AvgIpc) is 2.73. The van der Waals surface area contributed by atoms with Crippen LogP contribution in [0.3, 0.4) is 0 Å². The van der Waals surface area contributed by atoms with Gasteiger partial charge in [0, 0.05) is 23.5 Å². The summed E-state index contributed by atoms with van der Waals surface area (Å²) in [7, 11) is 0. The van der Waals surface area contributed by atoms with Gasteiger partial charge in [-0.3, -0.25) is 4.79 Å². The van der Waals surface area contributed by atoms with Crippen LogP contribution in [0.25, 0.3) is 10.9 Å². The summed E-state index contributed by atoms with van der Waals surface area (Å²) in [5.74, 6) is -0.365. The number of fused-ring (bicyclic) bond motifs is 1. The van der Waals surface area contributed by atoms with Gasteiger partial charge in [0.05, 0.1) is 6.61 Å². The Kier molecular flexibility index (Phi) is 3.39. The maximum absolute atomic E-state index is 11.8. The van der Waals surface area contributed by atoms with Gasteiger partial charge in [0.25, 0.3) is 0 Å². The first-order chi connectivity index (χ1) is 8.54. The molecule has 1 atom stereocenters. The average molecular weight is 246 g/mol. The number of nitrogens with two attached hydrogens (primary N) is 1. The Morgan fingerprint density at radius 2 is 2.17 bits per heavy atom. The highest BCUT2D eigenvalue weighted by molar-refractivity contribution is 5.85. The second-order valence-corrected chi connectivity index (χ2v) is 4.67. The smallest absolute Gasteiger partial charge is 0.326 e. The van der Waals surface area contributed by atoms with Crippen molar-refractivity contribution in [3.05, 3.63) is 36.0 Å². The number of aromatic nitrogens is 1. The Hall–Kier alpha value is -1.81. The fourth-order valence-corrected chi connectivity index (χ4v) is 2.04. The van der Waals surface area contributed by atoms with Crippen LogP contribution in [0.4, 0.5) is 0 Å². The first kappa shape index (κ1) is 12.6. The van der Waals surface area contributed by atoms with Crippen LogP contribution in [-0.2, 0) is 16.0 Å². The van der Waals surface area contributed by atoms with E-state index in [-0.39, 0.29) is 5.97 Å². The number of rotatable bonds is 4. The van der Waals surface area contributed by atoms with Crippen molar-refractivity contribution >= 4 is 16.9 Å². The maximum atomic E-state index is 11.8. The molecule has 0 bridgehead atoms. The number of H-pyrrole nitrogens is 1. The van der Waals surface area contributed by atoms with Crippen LogP contribution in [-0.4, -0.2) is 23.1 Å². The summed E-state index contributed by atoms with van der Waals surface area (Å²) in [4.78, 5) is 14.9. The molecule has 0 aliphatic rings. The number of carbonyl (C=O) groups is 1. The standard InChI is InChI=1S/C14H18N2O2/c1-3-18-13(17)14(2,15)8-10-9-16-12-7-5-4-6-11(10)12/h4-7,9,16H,3,8,15H2,1-2H3/t14-/m0/s1. The molecule has 0 radical (unpaired) electrons. The van der Waals surface area contributed by atoms with Crippen LogP contribution in [0.2, 0.25) is 0 Å². The topological polar surface area (TPSA) is 68.1 Å². The van der Waals surface area contributed by atoms with Gasteiger partial charge in [-0.1, -0.05) is 18.2 Å². The lowest BCUT2D eigenvalue weighted by Gasteiger charge is -2.21. The third-order valence-electron chi connectivity index (χ3n) is 2.97. The van der Waals surface area contributed by atoms with E-state index >= 15 is 0 Å². The van der Waals surface area contributed by atoms with Crippen LogP contribution >= 0.6 is 0 Å². The molecular formula is C14H18N2O2. The van der Waals surface area contributed by atoms with Gasteiger partial charge in [0.2, 0.25) is 0 Å². The van der Waals surface area contributed by atoms with Gasteiger partial charge in [0.15, 0.2) is 0 Å². The molecule has 0 unspecified atom stereocenters. The molecule has 2 rings (SSSR count). The number of hydrogen-bond donors (Lipinski definition) is 2. The van der Waals surface area contributed by atoms with Crippen molar-refractivity contribution in [3.63, 3.8) is 0 Å². The van der Waals surface area contributed by atoms with Crippen molar-refractivity contribution in [3.8, 4) is 0 Å². The van der Waals surface area contributed by atoms with E-state index in [1.54, 1.807) is 13.8 Å². The number of benzene rings is 1. The van der Waals surface area contributed by atoms with Gasteiger partial charge in [-0.25, -0.2) is 0 Å². The zero-order chi connectivity index (χ0) is 13.2. The molecule has 4 nitrogen and oxygen atoms in total. The first-order valence-electron chi connectivity index (χ1n) is 6.05.